The molecule has 2 aromatic carbocycles. The molecule has 0 aliphatic heterocycles. The van der Waals surface area contributed by atoms with E-state index in [4.69, 9.17) is 10.2 Å². The summed E-state index contributed by atoms with van der Waals surface area (Å²) in [5.74, 6) is 0. The van der Waals surface area contributed by atoms with Gasteiger partial charge in [-0.3, -0.25) is 0 Å². The number of nitrogens with two attached hydrogens (primary N) is 1. The number of anilines is 1. The molecule has 0 saturated heterocycles. The lowest BCUT2D eigenvalue weighted by atomic mass is 10.3. The molecule has 2 N–H and O–H groups in total. The Labute approximate surface area is 108 Å². The molecule has 0 atom stereocenters. The Morgan fingerprint density at radius 3 is 2.95 bits per heavy atom. The van der Waals surface area contributed by atoms with Crippen LogP contribution in [0.1, 0.15) is 0 Å². The second-order valence-corrected chi connectivity index (χ2v) is 4.34. The van der Waals surface area contributed by atoms with Crippen molar-refractivity contribution in [2.45, 2.75) is 0 Å². The molecule has 2 heterocycles. The molecular formula is C14H10N4O. The number of hydrogen-bond donors (Lipinski definition) is 1. The lowest BCUT2D eigenvalue weighted by molar-refractivity contribution is 0.549. The average Bonchev–Trinajstić information content (AvgIpc) is 3.00. The van der Waals surface area contributed by atoms with Gasteiger partial charge in [-0.15, -0.1) is 0 Å². The molecule has 0 unspecified atom stereocenters. The zero-order chi connectivity index (χ0) is 12.8. The SMILES string of the molecule is Nc1ccc2oc(-n3ncc4ccccc43)nc2c1. The van der Waals surface area contributed by atoms with Gasteiger partial charge in [0.15, 0.2) is 5.58 Å². The predicted molar refractivity (Wildman–Crippen MR) is 73.0 cm³/mol. The van der Waals surface area contributed by atoms with Crippen molar-refractivity contribution in [3.8, 4) is 6.01 Å². The zero-order valence-corrected chi connectivity index (χ0v) is 9.95. The third-order valence-corrected chi connectivity index (χ3v) is 3.06. The van der Waals surface area contributed by atoms with Gasteiger partial charge in [-0.1, -0.05) is 18.2 Å². The zero-order valence-electron chi connectivity index (χ0n) is 9.95. The normalized spacial score (nSPS) is 11.4. The Morgan fingerprint density at radius 1 is 1.11 bits per heavy atom. The Hall–Kier alpha value is -2.82. The highest BCUT2D eigenvalue weighted by molar-refractivity contribution is 5.81. The Morgan fingerprint density at radius 2 is 2.00 bits per heavy atom. The standard InChI is InChI=1S/C14H10N4O/c15-10-5-6-13-11(7-10)17-14(19-13)18-12-4-2-1-3-9(12)8-16-18/h1-8H,15H2. The number of oxazole rings is 1. The number of aromatic nitrogens is 3. The second kappa shape index (κ2) is 3.58. The third-order valence-electron chi connectivity index (χ3n) is 3.06. The summed E-state index contributed by atoms with van der Waals surface area (Å²) in [7, 11) is 0. The predicted octanol–water partition coefficient (Wildman–Crippen LogP) is 2.75. The molecular weight excluding hydrogens is 240 g/mol. The summed E-state index contributed by atoms with van der Waals surface area (Å²) in [5.41, 5.74) is 8.79. The molecule has 19 heavy (non-hydrogen) atoms. The van der Waals surface area contributed by atoms with Gasteiger partial charge in [-0.05, 0) is 24.3 Å². The van der Waals surface area contributed by atoms with Crippen molar-refractivity contribution >= 4 is 27.7 Å². The minimum Gasteiger partial charge on any atom is -0.422 e. The highest BCUT2D eigenvalue weighted by Crippen LogP contribution is 2.23. The molecule has 0 amide bonds. The lowest BCUT2D eigenvalue weighted by Gasteiger charge is -1.95. The molecule has 5 nitrogen and oxygen atoms in total. The van der Waals surface area contributed by atoms with E-state index in [0.717, 1.165) is 16.4 Å². The highest BCUT2D eigenvalue weighted by atomic mass is 16.4. The van der Waals surface area contributed by atoms with Crippen molar-refractivity contribution in [2.24, 2.45) is 0 Å². The van der Waals surface area contributed by atoms with E-state index in [1.54, 1.807) is 23.0 Å². The van der Waals surface area contributed by atoms with Crippen LogP contribution in [-0.2, 0) is 0 Å². The number of rotatable bonds is 1. The fourth-order valence-corrected chi connectivity index (χ4v) is 2.15. The van der Waals surface area contributed by atoms with Gasteiger partial charge >= 0.3 is 6.01 Å². The van der Waals surface area contributed by atoms with E-state index >= 15 is 0 Å². The maximum atomic E-state index is 5.74. The van der Waals surface area contributed by atoms with Gasteiger partial charge in [0.25, 0.3) is 0 Å². The fraction of sp³-hybridized carbons (Fsp3) is 0. The van der Waals surface area contributed by atoms with Crippen molar-refractivity contribution < 1.29 is 4.42 Å². The van der Waals surface area contributed by atoms with E-state index < -0.39 is 0 Å². The van der Waals surface area contributed by atoms with Crippen molar-refractivity contribution in [2.75, 3.05) is 5.73 Å². The summed E-state index contributed by atoms with van der Waals surface area (Å²) < 4.78 is 7.40. The van der Waals surface area contributed by atoms with E-state index in [1.165, 1.54) is 0 Å². The van der Waals surface area contributed by atoms with Crippen LogP contribution in [0.15, 0.2) is 53.1 Å². The van der Waals surface area contributed by atoms with Gasteiger partial charge < -0.3 is 10.2 Å². The van der Waals surface area contributed by atoms with E-state index in [2.05, 4.69) is 10.1 Å². The monoisotopic (exact) mass is 250 g/mol. The molecule has 4 rings (SSSR count). The van der Waals surface area contributed by atoms with Gasteiger partial charge in [0.1, 0.15) is 5.52 Å². The number of para-hydroxylation sites is 1. The van der Waals surface area contributed by atoms with Crippen molar-refractivity contribution in [1.29, 1.82) is 0 Å². The van der Waals surface area contributed by atoms with Crippen LogP contribution in [0, 0.1) is 0 Å². The minimum atomic E-state index is 0.446. The number of nitrogen functional groups attached to an aromatic ring is 1. The number of nitrogens with zero attached hydrogens (tertiary/aromatic N) is 3. The Balaban J connectivity index is 1.99. The second-order valence-electron chi connectivity index (χ2n) is 4.34. The van der Waals surface area contributed by atoms with Crippen LogP contribution in [0.4, 0.5) is 5.69 Å². The number of benzene rings is 2. The summed E-state index contributed by atoms with van der Waals surface area (Å²) >= 11 is 0. The van der Waals surface area contributed by atoms with Crippen LogP contribution in [0.3, 0.4) is 0 Å². The maximum absolute atomic E-state index is 5.74. The first-order valence-electron chi connectivity index (χ1n) is 5.90. The number of hydrogen-bond acceptors (Lipinski definition) is 4. The Bertz CT molecular complexity index is 891. The average molecular weight is 250 g/mol. The molecule has 0 saturated carbocycles. The topological polar surface area (TPSA) is 69.9 Å². The number of fused-ring (bicyclic) bond motifs is 2. The van der Waals surface area contributed by atoms with Crippen LogP contribution < -0.4 is 5.73 Å². The van der Waals surface area contributed by atoms with E-state index in [-0.39, 0.29) is 0 Å². The van der Waals surface area contributed by atoms with Gasteiger partial charge in [0.2, 0.25) is 0 Å². The van der Waals surface area contributed by atoms with Gasteiger partial charge in [-0.25, -0.2) is 0 Å². The maximum Gasteiger partial charge on any atom is 0.324 e. The molecule has 5 heteroatoms. The van der Waals surface area contributed by atoms with Crippen molar-refractivity contribution in [3.63, 3.8) is 0 Å². The lowest BCUT2D eigenvalue weighted by Crippen LogP contribution is -1.95. The van der Waals surface area contributed by atoms with E-state index in [9.17, 15) is 0 Å². The summed E-state index contributed by atoms with van der Waals surface area (Å²) in [6.45, 7) is 0. The molecule has 0 fully saturated rings. The quantitative estimate of drug-likeness (QED) is 0.527. The molecule has 0 radical (unpaired) electrons. The third kappa shape index (κ3) is 1.48. The van der Waals surface area contributed by atoms with Gasteiger partial charge in [0.05, 0.1) is 11.7 Å². The minimum absolute atomic E-state index is 0.446. The molecule has 0 spiro atoms. The van der Waals surface area contributed by atoms with Gasteiger partial charge in [0, 0.05) is 11.1 Å². The largest absolute Gasteiger partial charge is 0.422 e. The molecule has 92 valence electrons. The first kappa shape index (κ1) is 10.1. The van der Waals surface area contributed by atoms with E-state index in [0.29, 0.717) is 17.3 Å². The summed E-state index contributed by atoms with van der Waals surface area (Å²) in [5, 5.41) is 5.36. The summed E-state index contributed by atoms with van der Waals surface area (Å²) in [6.07, 6.45) is 1.79. The fourth-order valence-electron chi connectivity index (χ4n) is 2.15. The summed E-state index contributed by atoms with van der Waals surface area (Å²) in [6, 6.07) is 13.7. The first-order valence-corrected chi connectivity index (χ1v) is 5.90. The molecule has 0 aliphatic carbocycles. The summed E-state index contributed by atoms with van der Waals surface area (Å²) in [4.78, 5) is 4.42. The van der Waals surface area contributed by atoms with Gasteiger partial charge in [-0.2, -0.15) is 14.8 Å². The molecule has 2 aromatic heterocycles. The van der Waals surface area contributed by atoms with Crippen LogP contribution in [-0.4, -0.2) is 14.8 Å². The van der Waals surface area contributed by atoms with Crippen LogP contribution in [0.2, 0.25) is 0 Å². The molecule has 0 aliphatic rings. The van der Waals surface area contributed by atoms with Crippen LogP contribution >= 0.6 is 0 Å². The highest BCUT2D eigenvalue weighted by Gasteiger charge is 2.11. The molecule has 0 bridgehead atoms. The molecule has 4 aromatic rings. The Kier molecular flexibility index (Phi) is 1.91. The van der Waals surface area contributed by atoms with E-state index in [1.807, 2.05) is 30.3 Å². The first-order chi connectivity index (χ1) is 9.31. The van der Waals surface area contributed by atoms with Crippen molar-refractivity contribution in [3.05, 3.63) is 48.7 Å². The van der Waals surface area contributed by atoms with Crippen LogP contribution in [0.25, 0.3) is 28.0 Å². The smallest absolute Gasteiger partial charge is 0.324 e. The van der Waals surface area contributed by atoms with Crippen molar-refractivity contribution in [1.82, 2.24) is 14.8 Å². The van der Waals surface area contributed by atoms with Crippen LogP contribution in [0.5, 0.6) is 0 Å².